The third-order valence-corrected chi connectivity index (χ3v) is 3.91. The van der Waals surface area contributed by atoms with Crippen LogP contribution in [0, 0.1) is 5.82 Å². The number of rotatable bonds is 4. The first kappa shape index (κ1) is 13.4. The summed E-state index contributed by atoms with van der Waals surface area (Å²) in [7, 11) is 0. The molecule has 2 N–H and O–H groups in total. The van der Waals surface area contributed by atoms with Crippen molar-refractivity contribution in [1.82, 2.24) is 14.9 Å². The van der Waals surface area contributed by atoms with E-state index in [1.807, 2.05) is 0 Å². The highest BCUT2D eigenvalue weighted by Gasteiger charge is 2.19. The number of piperidine rings is 1. The Hall–Kier alpha value is -1.62. The van der Waals surface area contributed by atoms with Crippen LogP contribution in [0.1, 0.15) is 26.2 Å². The summed E-state index contributed by atoms with van der Waals surface area (Å²) >= 11 is 0. The lowest BCUT2D eigenvalue weighted by Gasteiger charge is -2.31. The molecule has 2 heterocycles. The Morgan fingerprint density at radius 2 is 2.20 bits per heavy atom. The van der Waals surface area contributed by atoms with E-state index in [0.717, 1.165) is 42.9 Å². The van der Waals surface area contributed by atoms with Crippen LogP contribution in [-0.4, -0.2) is 40.5 Å². The lowest BCUT2D eigenvalue weighted by atomic mass is 10.1. The minimum atomic E-state index is -0.236. The Bertz CT molecular complexity index is 572. The van der Waals surface area contributed by atoms with Gasteiger partial charge < -0.3 is 15.2 Å². The monoisotopic (exact) mass is 276 g/mol. The molecule has 1 aliphatic heterocycles. The molecule has 0 atom stereocenters. The first-order chi connectivity index (χ1) is 9.74. The van der Waals surface area contributed by atoms with Gasteiger partial charge in [-0.05, 0) is 44.0 Å². The minimum Gasteiger partial charge on any atom is -0.353 e. The fourth-order valence-electron chi connectivity index (χ4n) is 2.86. The fraction of sp³-hybridized carbons (Fsp3) is 0.533. The maximum atomic E-state index is 13.1. The molecule has 4 nitrogen and oxygen atoms in total. The standard InChI is InChI=1S/C15H21FN4/c1-2-7-20-8-5-12(6-9-20)17-15-18-13-4-3-11(16)10-14(13)19-15/h3-4,10,12H,2,5-9H2,1H3,(H2,17,18,19). The van der Waals surface area contributed by atoms with Gasteiger partial charge in [-0.3, -0.25) is 0 Å². The molecule has 0 spiro atoms. The lowest BCUT2D eigenvalue weighted by molar-refractivity contribution is 0.219. The van der Waals surface area contributed by atoms with Crippen molar-refractivity contribution in [2.24, 2.45) is 0 Å². The normalized spacial score (nSPS) is 17.7. The van der Waals surface area contributed by atoms with E-state index in [1.165, 1.54) is 25.1 Å². The van der Waals surface area contributed by atoms with Crippen LogP contribution in [0.4, 0.5) is 10.3 Å². The number of nitrogens with zero attached hydrogens (tertiary/aromatic N) is 2. The maximum absolute atomic E-state index is 13.1. The zero-order valence-corrected chi connectivity index (χ0v) is 11.8. The second-order valence-corrected chi connectivity index (χ2v) is 5.51. The van der Waals surface area contributed by atoms with Crippen molar-refractivity contribution in [1.29, 1.82) is 0 Å². The molecule has 1 aromatic heterocycles. The third-order valence-electron chi connectivity index (χ3n) is 3.91. The molecule has 20 heavy (non-hydrogen) atoms. The lowest BCUT2D eigenvalue weighted by Crippen LogP contribution is -2.39. The third kappa shape index (κ3) is 2.93. The van der Waals surface area contributed by atoms with Crippen molar-refractivity contribution in [3.8, 4) is 0 Å². The van der Waals surface area contributed by atoms with E-state index >= 15 is 0 Å². The zero-order valence-electron chi connectivity index (χ0n) is 11.8. The van der Waals surface area contributed by atoms with Gasteiger partial charge in [0.2, 0.25) is 5.95 Å². The number of H-pyrrole nitrogens is 1. The number of imidazole rings is 1. The summed E-state index contributed by atoms with van der Waals surface area (Å²) < 4.78 is 13.1. The SMILES string of the molecule is CCCN1CCC(Nc2nc3ccc(F)cc3[nH]2)CC1. The van der Waals surface area contributed by atoms with Crippen LogP contribution in [-0.2, 0) is 0 Å². The summed E-state index contributed by atoms with van der Waals surface area (Å²) in [5.41, 5.74) is 1.55. The number of nitrogens with one attached hydrogen (secondary N) is 2. The number of benzene rings is 1. The van der Waals surface area contributed by atoms with E-state index in [1.54, 1.807) is 6.07 Å². The molecule has 0 bridgehead atoms. The van der Waals surface area contributed by atoms with Gasteiger partial charge in [0.25, 0.3) is 0 Å². The number of likely N-dealkylation sites (tertiary alicyclic amines) is 1. The van der Waals surface area contributed by atoms with Crippen LogP contribution >= 0.6 is 0 Å². The average Bonchev–Trinajstić information content (AvgIpc) is 2.82. The molecule has 2 aromatic rings. The number of aromatic amines is 1. The molecular weight excluding hydrogens is 255 g/mol. The van der Waals surface area contributed by atoms with Crippen LogP contribution in [0.15, 0.2) is 18.2 Å². The van der Waals surface area contributed by atoms with Crippen molar-refractivity contribution in [2.45, 2.75) is 32.2 Å². The number of anilines is 1. The first-order valence-corrected chi connectivity index (χ1v) is 7.39. The second kappa shape index (κ2) is 5.79. The molecule has 108 valence electrons. The number of aromatic nitrogens is 2. The molecule has 0 radical (unpaired) electrons. The smallest absolute Gasteiger partial charge is 0.201 e. The molecular formula is C15H21FN4. The summed E-state index contributed by atoms with van der Waals surface area (Å²) in [6.45, 7) is 5.69. The number of fused-ring (bicyclic) bond motifs is 1. The average molecular weight is 276 g/mol. The van der Waals surface area contributed by atoms with E-state index in [2.05, 4.69) is 27.1 Å². The van der Waals surface area contributed by atoms with Crippen LogP contribution in [0.3, 0.4) is 0 Å². The van der Waals surface area contributed by atoms with E-state index < -0.39 is 0 Å². The summed E-state index contributed by atoms with van der Waals surface area (Å²) in [5.74, 6) is 0.514. The maximum Gasteiger partial charge on any atom is 0.201 e. The van der Waals surface area contributed by atoms with Gasteiger partial charge in [0, 0.05) is 19.1 Å². The van der Waals surface area contributed by atoms with Crippen molar-refractivity contribution < 1.29 is 4.39 Å². The minimum absolute atomic E-state index is 0.236. The molecule has 0 unspecified atom stereocenters. The van der Waals surface area contributed by atoms with Gasteiger partial charge in [0.15, 0.2) is 0 Å². The Morgan fingerprint density at radius 1 is 1.40 bits per heavy atom. The molecule has 1 aromatic carbocycles. The summed E-state index contributed by atoms with van der Waals surface area (Å²) in [6, 6.07) is 5.08. The van der Waals surface area contributed by atoms with Crippen LogP contribution in [0.5, 0.6) is 0 Å². The molecule has 0 amide bonds. The molecule has 5 heteroatoms. The fourth-order valence-corrected chi connectivity index (χ4v) is 2.86. The Kier molecular flexibility index (Phi) is 3.87. The highest BCUT2D eigenvalue weighted by Crippen LogP contribution is 2.19. The molecule has 1 aliphatic rings. The molecule has 1 fully saturated rings. The molecule has 0 saturated carbocycles. The van der Waals surface area contributed by atoms with Gasteiger partial charge in [-0.25, -0.2) is 9.37 Å². The highest BCUT2D eigenvalue weighted by atomic mass is 19.1. The first-order valence-electron chi connectivity index (χ1n) is 7.39. The van der Waals surface area contributed by atoms with Gasteiger partial charge >= 0.3 is 0 Å². The van der Waals surface area contributed by atoms with Crippen LogP contribution < -0.4 is 5.32 Å². The second-order valence-electron chi connectivity index (χ2n) is 5.51. The molecule has 0 aliphatic carbocycles. The Labute approximate surface area is 118 Å². The van der Waals surface area contributed by atoms with E-state index in [9.17, 15) is 4.39 Å². The summed E-state index contributed by atoms with van der Waals surface area (Å²) in [6.07, 6.45) is 3.48. The quantitative estimate of drug-likeness (QED) is 0.902. The zero-order chi connectivity index (χ0) is 13.9. The van der Waals surface area contributed by atoms with Crippen molar-refractivity contribution in [3.63, 3.8) is 0 Å². The Morgan fingerprint density at radius 3 is 2.95 bits per heavy atom. The van der Waals surface area contributed by atoms with Crippen molar-refractivity contribution in [2.75, 3.05) is 25.0 Å². The molecule has 1 saturated heterocycles. The van der Waals surface area contributed by atoms with Crippen LogP contribution in [0.25, 0.3) is 11.0 Å². The highest BCUT2D eigenvalue weighted by molar-refractivity contribution is 5.77. The van der Waals surface area contributed by atoms with Crippen molar-refractivity contribution >= 4 is 17.0 Å². The van der Waals surface area contributed by atoms with Gasteiger partial charge in [-0.2, -0.15) is 0 Å². The summed E-state index contributed by atoms with van der Waals surface area (Å²) in [5, 5.41) is 3.44. The van der Waals surface area contributed by atoms with Crippen LogP contribution in [0.2, 0.25) is 0 Å². The topological polar surface area (TPSA) is 44.0 Å². The largest absolute Gasteiger partial charge is 0.353 e. The predicted octanol–water partition coefficient (Wildman–Crippen LogP) is 2.99. The van der Waals surface area contributed by atoms with Crippen molar-refractivity contribution in [3.05, 3.63) is 24.0 Å². The number of hydrogen-bond donors (Lipinski definition) is 2. The molecule has 3 rings (SSSR count). The number of halogens is 1. The van der Waals surface area contributed by atoms with Gasteiger partial charge in [0.05, 0.1) is 11.0 Å². The van der Waals surface area contributed by atoms with Gasteiger partial charge in [-0.1, -0.05) is 6.92 Å². The van der Waals surface area contributed by atoms with Gasteiger partial charge in [0.1, 0.15) is 5.82 Å². The number of hydrogen-bond acceptors (Lipinski definition) is 3. The van der Waals surface area contributed by atoms with E-state index in [0.29, 0.717) is 6.04 Å². The van der Waals surface area contributed by atoms with E-state index in [4.69, 9.17) is 0 Å². The van der Waals surface area contributed by atoms with Gasteiger partial charge in [-0.15, -0.1) is 0 Å². The van der Waals surface area contributed by atoms with E-state index in [-0.39, 0.29) is 5.82 Å². The predicted molar refractivity (Wildman–Crippen MR) is 79.4 cm³/mol. The Balaban J connectivity index is 1.62. The summed E-state index contributed by atoms with van der Waals surface area (Å²) in [4.78, 5) is 10.1.